The van der Waals surface area contributed by atoms with Crippen LogP contribution in [0.15, 0.2) is 66.4 Å². The third kappa shape index (κ3) is 5.40. The number of hydrogen-bond acceptors (Lipinski definition) is 6. The lowest BCUT2D eigenvalue weighted by Gasteiger charge is -2.29. The number of morpholine rings is 1. The zero-order valence-corrected chi connectivity index (χ0v) is 22.8. The van der Waals surface area contributed by atoms with Crippen LogP contribution in [-0.2, 0) is 14.3 Å². The number of Topliss-reactive ketones (excluding diaryl/α,β-unsaturated/α-hetero) is 1. The molecule has 0 unspecified atom stereocenters. The fourth-order valence-electron chi connectivity index (χ4n) is 5.43. The molecule has 0 spiro atoms. The molecule has 8 heteroatoms. The van der Waals surface area contributed by atoms with Crippen molar-refractivity contribution in [2.75, 3.05) is 39.4 Å². The first-order valence-electron chi connectivity index (χ1n) is 13.7. The van der Waals surface area contributed by atoms with Gasteiger partial charge in [0.2, 0.25) is 0 Å². The Kier molecular flexibility index (Phi) is 7.95. The maximum Gasteiger partial charge on any atom is 0.295 e. The molecule has 2 saturated heterocycles. The van der Waals surface area contributed by atoms with Crippen LogP contribution in [0.3, 0.4) is 0 Å². The molecule has 0 radical (unpaired) electrons. The summed E-state index contributed by atoms with van der Waals surface area (Å²) < 4.78 is 7.16. The number of aliphatic hydroxyl groups is 1. The Balaban J connectivity index is 1.51. The molecule has 2 aliphatic heterocycles. The number of ketones is 1. The number of carbonyl (C=O) groups excluding carboxylic acids is 2. The number of carbonyl (C=O) groups is 2. The minimum atomic E-state index is -0.671. The molecule has 1 amide bonds. The van der Waals surface area contributed by atoms with Crippen LogP contribution in [0, 0.1) is 6.92 Å². The number of para-hydroxylation sites is 1. The lowest BCUT2D eigenvalue weighted by Crippen LogP contribution is -2.38. The van der Waals surface area contributed by atoms with Crippen LogP contribution >= 0.6 is 0 Å². The second-order valence-electron chi connectivity index (χ2n) is 10.5. The third-order valence-corrected chi connectivity index (χ3v) is 7.70. The number of nitrogens with zero attached hydrogens (tertiary/aromatic N) is 4. The van der Waals surface area contributed by atoms with E-state index in [2.05, 4.69) is 23.8 Å². The Morgan fingerprint density at radius 2 is 1.72 bits per heavy atom. The van der Waals surface area contributed by atoms with Gasteiger partial charge in [0.25, 0.3) is 11.7 Å². The zero-order valence-electron chi connectivity index (χ0n) is 22.8. The van der Waals surface area contributed by atoms with Gasteiger partial charge in [-0.25, -0.2) is 4.68 Å². The average Bonchev–Trinajstić information content (AvgIpc) is 3.46. The fraction of sp³-hybridized carbons (Fsp3) is 0.387. The largest absolute Gasteiger partial charge is 0.507 e. The number of amides is 1. The summed E-state index contributed by atoms with van der Waals surface area (Å²) in [6.45, 7) is 10.5. The van der Waals surface area contributed by atoms with Crippen molar-refractivity contribution in [1.82, 2.24) is 19.6 Å². The van der Waals surface area contributed by atoms with Crippen molar-refractivity contribution in [2.24, 2.45) is 0 Å². The molecule has 5 rings (SSSR count). The number of hydrogen-bond donors (Lipinski definition) is 1. The van der Waals surface area contributed by atoms with Crippen LogP contribution in [0.25, 0.3) is 11.4 Å². The molecule has 0 bridgehead atoms. The molecule has 0 aliphatic carbocycles. The molecule has 2 fully saturated rings. The van der Waals surface area contributed by atoms with Crippen molar-refractivity contribution in [3.8, 4) is 5.69 Å². The SMILES string of the molecule is Cc1c(/C(O)=C2\C(=O)C(=O)N(CCCN3CCOCC3)[C@H]2c2ccc(C(C)C)cc2)cnn1-c1ccccc1. The number of rotatable bonds is 8. The van der Waals surface area contributed by atoms with Gasteiger partial charge < -0.3 is 14.7 Å². The monoisotopic (exact) mass is 528 g/mol. The van der Waals surface area contributed by atoms with Gasteiger partial charge in [-0.3, -0.25) is 14.5 Å². The predicted octanol–water partition coefficient (Wildman–Crippen LogP) is 4.45. The summed E-state index contributed by atoms with van der Waals surface area (Å²) in [5, 5.41) is 16.0. The second-order valence-corrected chi connectivity index (χ2v) is 10.5. The van der Waals surface area contributed by atoms with Crippen molar-refractivity contribution in [3.63, 3.8) is 0 Å². The van der Waals surface area contributed by atoms with Gasteiger partial charge in [0.1, 0.15) is 5.76 Å². The highest BCUT2D eigenvalue weighted by molar-refractivity contribution is 6.46. The zero-order chi connectivity index (χ0) is 27.5. The van der Waals surface area contributed by atoms with Crippen molar-refractivity contribution >= 4 is 17.4 Å². The van der Waals surface area contributed by atoms with E-state index in [1.54, 1.807) is 15.8 Å². The maximum atomic E-state index is 13.5. The normalized spacial score (nSPS) is 19.8. The summed E-state index contributed by atoms with van der Waals surface area (Å²) in [6.07, 6.45) is 2.28. The Morgan fingerprint density at radius 1 is 1.03 bits per heavy atom. The average molecular weight is 529 g/mol. The van der Waals surface area contributed by atoms with Crippen LogP contribution in [0.5, 0.6) is 0 Å². The fourth-order valence-corrected chi connectivity index (χ4v) is 5.43. The van der Waals surface area contributed by atoms with Crippen LogP contribution in [-0.4, -0.2) is 75.8 Å². The van der Waals surface area contributed by atoms with Crippen molar-refractivity contribution < 1.29 is 19.4 Å². The molecule has 8 nitrogen and oxygen atoms in total. The molecule has 1 N–H and O–H groups in total. The molecule has 1 atom stereocenters. The lowest BCUT2D eigenvalue weighted by atomic mass is 9.93. The van der Waals surface area contributed by atoms with Gasteiger partial charge in [0.05, 0.1) is 48.0 Å². The number of benzene rings is 2. The van der Waals surface area contributed by atoms with E-state index >= 15 is 0 Å². The van der Waals surface area contributed by atoms with E-state index in [4.69, 9.17) is 4.74 Å². The Bertz CT molecular complexity index is 1350. The second kappa shape index (κ2) is 11.6. The summed E-state index contributed by atoms with van der Waals surface area (Å²) >= 11 is 0. The molecule has 204 valence electrons. The summed E-state index contributed by atoms with van der Waals surface area (Å²) in [6, 6.07) is 16.9. The van der Waals surface area contributed by atoms with E-state index < -0.39 is 17.7 Å². The Morgan fingerprint density at radius 3 is 2.38 bits per heavy atom. The van der Waals surface area contributed by atoms with Crippen LogP contribution in [0.4, 0.5) is 0 Å². The number of aromatic nitrogens is 2. The molecule has 3 heterocycles. The van der Waals surface area contributed by atoms with E-state index in [1.165, 1.54) is 5.56 Å². The van der Waals surface area contributed by atoms with Crippen LogP contribution in [0.2, 0.25) is 0 Å². The molecule has 1 aromatic heterocycles. The highest BCUT2D eigenvalue weighted by Crippen LogP contribution is 2.40. The van der Waals surface area contributed by atoms with E-state index in [0.717, 1.165) is 37.3 Å². The van der Waals surface area contributed by atoms with Crippen molar-refractivity contribution in [1.29, 1.82) is 0 Å². The number of likely N-dealkylation sites (tertiary alicyclic amines) is 1. The molecular weight excluding hydrogens is 492 g/mol. The first-order valence-corrected chi connectivity index (χ1v) is 13.7. The van der Waals surface area contributed by atoms with Gasteiger partial charge >= 0.3 is 0 Å². The first kappa shape index (κ1) is 26.8. The van der Waals surface area contributed by atoms with E-state index in [1.807, 2.05) is 61.5 Å². The quantitative estimate of drug-likeness (QED) is 0.264. The third-order valence-electron chi connectivity index (χ3n) is 7.70. The van der Waals surface area contributed by atoms with Crippen molar-refractivity contribution in [3.05, 3.63) is 88.8 Å². The molecule has 0 saturated carbocycles. The van der Waals surface area contributed by atoms with Gasteiger partial charge in [-0.1, -0.05) is 56.3 Å². The van der Waals surface area contributed by atoms with Gasteiger partial charge in [0, 0.05) is 26.2 Å². The number of aliphatic hydroxyl groups excluding tert-OH is 1. The highest BCUT2D eigenvalue weighted by atomic mass is 16.5. The Hall–Kier alpha value is -3.75. The molecule has 39 heavy (non-hydrogen) atoms. The van der Waals surface area contributed by atoms with Crippen LogP contribution in [0.1, 0.15) is 54.6 Å². The molecular formula is C31H36N4O4. The number of ether oxygens (including phenoxy) is 1. The molecule has 2 aliphatic rings. The summed E-state index contributed by atoms with van der Waals surface area (Å²) in [5.41, 5.74) is 4.06. The van der Waals surface area contributed by atoms with Gasteiger partial charge in [0.15, 0.2) is 0 Å². The Labute approximate surface area is 229 Å². The van der Waals surface area contributed by atoms with Gasteiger partial charge in [-0.05, 0) is 42.5 Å². The minimum Gasteiger partial charge on any atom is -0.507 e. The van der Waals surface area contributed by atoms with Crippen LogP contribution < -0.4 is 0 Å². The lowest BCUT2D eigenvalue weighted by molar-refractivity contribution is -0.140. The van der Waals surface area contributed by atoms with E-state index in [-0.39, 0.29) is 11.3 Å². The van der Waals surface area contributed by atoms with Gasteiger partial charge in [-0.15, -0.1) is 0 Å². The topological polar surface area (TPSA) is 87.9 Å². The summed E-state index contributed by atoms with van der Waals surface area (Å²) in [5.74, 6) is -1.08. The summed E-state index contributed by atoms with van der Waals surface area (Å²) in [4.78, 5) is 30.8. The van der Waals surface area contributed by atoms with Gasteiger partial charge in [-0.2, -0.15) is 5.10 Å². The van der Waals surface area contributed by atoms with E-state index in [0.29, 0.717) is 36.9 Å². The smallest absolute Gasteiger partial charge is 0.295 e. The molecule has 3 aromatic rings. The van der Waals surface area contributed by atoms with Crippen molar-refractivity contribution in [2.45, 2.75) is 39.2 Å². The highest BCUT2D eigenvalue weighted by Gasteiger charge is 2.46. The minimum absolute atomic E-state index is 0.111. The maximum absolute atomic E-state index is 13.5. The predicted molar refractivity (Wildman–Crippen MR) is 150 cm³/mol. The van der Waals surface area contributed by atoms with E-state index in [9.17, 15) is 14.7 Å². The summed E-state index contributed by atoms with van der Waals surface area (Å²) in [7, 11) is 0. The standard InChI is InChI=1S/C31H36N4O4/c1-21(2)23-10-12-24(13-11-23)28-27(29(36)26-20-32-35(22(26)3)25-8-5-4-6-9-25)30(37)31(38)34(28)15-7-14-33-16-18-39-19-17-33/h4-6,8-13,20-21,28,36H,7,14-19H2,1-3H3/b29-27+/t28-/m0/s1. The molecule has 2 aromatic carbocycles. The first-order chi connectivity index (χ1) is 18.9.